The molecule has 108 valence electrons. The molecule has 0 saturated carbocycles. The smallest absolute Gasteiger partial charge is 0.399 e. The molecule has 0 aromatic heterocycles. The van der Waals surface area contributed by atoms with Crippen LogP contribution in [0, 0.1) is 5.41 Å². The first-order valence-corrected chi connectivity index (χ1v) is 6.60. The van der Waals surface area contributed by atoms with Gasteiger partial charge in [0.15, 0.2) is 0 Å². The van der Waals surface area contributed by atoms with E-state index >= 15 is 0 Å². The largest absolute Gasteiger partial charge is 0.494 e. The van der Waals surface area contributed by atoms with Crippen LogP contribution in [0.2, 0.25) is 0 Å². The SMILES string of the molecule is CNc1cc(B2OC(C)(C)C(C)(C)O2)ccc1C(=N)F. The van der Waals surface area contributed by atoms with Crippen molar-refractivity contribution < 1.29 is 13.7 Å². The second-order valence-electron chi connectivity index (χ2n) is 5.96. The number of hydrogen-bond acceptors (Lipinski definition) is 4. The van der Waals surface area contributed by atoms with Crippen molar-refractivity contribution in [3.8, 4) is 0 Å². The standard InChI is InChI=1S/C14H20BFN2O2/c1-13(2)14(3,4)20-15(19-13)9-6-7-10(12(16)17)11(8-9)18-5/h6-8,17-18H,1-5H3. The number of halogens is 1. The van der Waals surface area contributed by atoms with Crippen molar-refractivity contribution in [2.24, 2.45) is 0 Å². The van der Waals surface area contributed by atoms with Crippen LogP contribution in [0.1, 0.15) is 33.3 Å². The van der Waals surface area contributed by atoms with Gasteiger partial charge in [0, 0.05) is 12.7 Å². The molecule has 2 rings (SSSR count). The van der Waals surface area contributed by atoms with Crippen LogP contribution < -0.4 is 10.8 Å². The lowest BCUT2D eigenvalue weighted by Crippen LogP contribution is -2.41. The van der Waals surface area contributed by atoms with E-state index in [0.29, 0.717) is 5.69 Å². The van der Waals surface area contributed by atoms with Crippen molar-refractivity contribution in [1.29, 1.82) is 5.41 Å². The highest BCUT2D eigenvalue weighted by Crippen LogP contribution is 2.36. The van der Waals surface area contributed by atoms with E-state index in [1.54, 1.807) is 25.2 Å². The molecule has 0 atom stereocenters. The Hall–Kier alpha value is -1.40. The topological polar surface area (TPSA) is 54.3 Å². The van der Waals surface area contributed by atoms with Gasteiger partial charge in [-0.2, -0.15) is 4.39 Å². The fourth-order valence-corrected chi connectivity index (χ4v) is 2.09. The minimum Gasteiger partial charge on any atom is -0.399 e. The van der Waals surface area contributed by atoms with E-state index in [1.165, 1.54) is 0 Å². The summed E-state index contributed by atoms with van der Waals surface area (Å²) in [5.41, 5.74) is 0.752. The van der Waals surface area contributed by atoms with Crippen molar-refractivity contribution in [1.82, 2.24) is 0 Å². The Labute approximate surface area is 119 Å². The van der Waals surface area contributed by atoms with Crippen LogP contribution in [0.15, 0.2) is 18.2 Å². The van der Waals surface area contributed by atoms with E-state index < -0.39 is 24.3 Å². The summed E-state index contributed by atoms with van der Waals surface area (Å²) < 4.78 is 25.0. The van der Waals surface area contributed by atoms with E-state index in [0.717, 1.165) is 5.46 Å². The fraction of sp³-hybridized carbons (Fsp3) is 0.500. The summed E-state index contributed by atoms with van der Waals surface area (Å²) in [5.74, 6) is -0.963. The summed E-state index contributed by atoms with van der Waals surface area (Å²) in [6.07, 6.45) is 0. The Bertz CT molecular complexity index is 530. The van der Waals surface area contributed by atoms with E-state index in [-0.39, 0.29) is 5.56 Å². The molecule has 1 aromatic rings. The lowest BCUT2D eigenvalue weighted by atomic mass is 9.78. The van der Waals surface area contributed by atoms with Crippen LogP contribution in [0.25, 0.3) is 0 Å². The predicted octanol–water partition coefficient (Wildman–Crippen LogP) is 2.32. The molecule has 0 bridgehead atoms. The molecule has 1 aliphatic heterocycles. The highest BCUT2D eigenvalue weighted by molar-refractivity contribution is 6.62. The van der Waals surface area contributed by atoms with Crippen molar-refractivity contribution >= 4 is 24.2 Å². The number of nitrogens with one attached hydrogen (secondary N) is 2. The van der Waals surface area contributed by atoms with Gasteiger partial charge in [0.2, 0.25) is 5.97 Å². The molecule has 0 unspecified atom stereocenters. The summed E-state index contributed by atoms with van der Waals surface area (Å²) in [4.78, 5) is 0. The average Bonchev–Trinajstić information content (AvgIpc) is 2.57. The number of benzene rings is 1. The molecule has 1 aromatic carbocycles. The van der Waals surface area contributed by atoms with Crippen molar-refractivity contribution in [3.63, 3.8) is 0 Å². The molecule has 0 amide bonds. The molecular weight excluding hydrogens is 258 g/mol. The zero-order valence-corrected chi connectivity index (χ0v) is 12.5. The van der Waals surface area contributed by atoms with Gasteiger partial charge in [-0.25, -0.2) is 0 Å². The molecule has 0 spiro atoms. The van der Waals surface area contributed by atoms with Crippen LogP contribution in [0.5, 0.6) is 0 Å². The maximum Gasteiger partial charge on any atom is 0.494 e. The Morgan fingerprint density at radius 2 is 1.75 bits per heavy atom. The van der Waals surface area contributed by atoms with E-state index in [9.17, 15) is 4.39 Å². The van der Waals surface area contributed by atoms with Crippen LogP contribution in [-0.2, 0) is 9.31 Å². The maximum atomic E-state index is 13.1. The first kappa shape index (κ1) is 15.0. The predicted molar refractivity (Wildman–Crippen MR) is 79.6 cm³/mol. The summed E-state index contributed by atoms with van der Waals surface area (Å²) in [6.45, 7) is 7.93. The van der Waals surface area contributed by atoms with E-state index in [2.05, 4.69) is 5.32 Å². The minimum absolute atomic E-state index is 0.229. The van der Waals surface area contributed by atoms with Gasteiger partial charge in [-0.05, 0) is 45.3 Å². The van der Waals surface area contributed by atoms with Gasteiger partial charge in [-0.1, -0.05) is 6.07 Å². The molecule has 1 fully saturated rings. The Morgan fingerprint density at radius 3 is 2.20 bits per heavy atom. The first-order valence-electron chi connectivity index (χ1n) is 6.60. The Kier molecular flexibility index (Phi) is 3.65. The molecule has 6 heteroatoms. The van der Waals surface area contributed by atoms with E-state index in [4.69, 9.17) is 14.7 Å². The third kappa shape index (κ3) is 2.45. The molecular formula is C14H20BFN2O2. The molecule has 20 heavy (non-hydrogen) atoms. The third-order valence-corrected chi connectivity index (χ3v) is 4.07. The van der Waals surface area contributed by atoms with Crippen LogP contribution in [0.3, 0.4) is 0 Å². The van der Waals surface area contributed by atoms with Gasteiger partial charge in [-0.3, -0.25) is 5.41 Å². The third-order valence-electron chi connectivity index (χ3n) is 4.07. The summed E-state index contributed by atoms with van der Waals surface area (Å²) in [6, 6.07) is 5.05. The molecule has 2 N–H and O–H groups in total. The molecule has 1 saturated heterocycles. The monoisotopic (exact) mass is 278 g/mol. The van der Waals surface area contributed by atoms with Gasteiger partial charge in [-0.15, -0.1) is 0 Å². The van der Waals surface area contributed by atoms with E-state index in [1.807, 2.05) is 27.7 Å². The lowest BCUT2D eigenvalue weighted by Gasteiger charge is -2.32. The molecule has 0 aliphatic carbocycles. The zero-order valence-electron chi connectivity index (χ0n) is 12.5. The number of rotatable bonds is 3. The number of hydrogen-bond donors (Lipinski definition) is 2. The zero-order chi connectivity index (χ0) is 15.1. The molecule has 1 heterocycles. The molecule has 1 aliphatic rings. The van der Waals surface area contributed by atoms with Gasteiger partial charge in [0.1, 0.15) is 0 Å². The van der Waals surface area contributed by atoms with Gasteiger partial charge in [0.05, 0.1) is 16.8 Å². The maximum absolute atomic E-state index is 13.1. The Morgan fingerprint density at radius 1 is 1.20 bits per heavy atom. The second kappa shape index (κ2) is 4.86. The highest BCUT2D eigenvalue weighted by atomic mass is 19.1. The summed E-state index contributed by atoms with van der Waals surface area (Å²) in [5, 5.41) is 10.0. The molecule has 4 nitrogen and oxygen atoms in total. The highest BCUT2D eigenvalue weighted by Gasteiger charge is 2.51. The van der Waals surface area contributed by atoms with Gasteiger partial charge in [0.25, 0.3) is 0 Å². The average molecular weight is 278 g/mol. The first-order chi connectivity index (χ1) is 9.18. The van der Waals surface area contributed by atoms with Crippen molar-refractivity contribution in [2.75, 3.05) is 12.4 Å². The van der Waals surface area contributed by atoms with Crippen LogP contribution >= 0.6 is 0 Å². The van der Waals surface area contributed by atoms with Gasteiger partial charge < -0.3 is 14.6 Å². The van der Waals surface area contributed by atoms with Gasteiger partial charge >= 0.3 is 7.12 Å². The summed E-state index contributed by atoms with van der Waals surface area (Å²) in [7, 11) is 1.20. The normalized spacial score (nSPS) is 20.0. The van der Waals surface area contributed by atoms with Crippen LogP contribution in [-0.4, -0.2) is 31.3 Å². The quantitative estimate of drug-likeness (QED) is 0.659. The summed E-state index contributed by atoms with van der Waals surface area (Å²) >= 11 is 0. The Balaban J connectivity index is 2.34. The van der Waals surface area contributed by atoms with Crippen molar-refractivity contribution in [3.05, 3.63) is 23.8 Å². The van der Waals surface area contributed by atoms with Crippen molar-refractivity contribution in [2.45, 2.75) is 38.9 Å². The lowest BCUT2D eigenvalue weighted by molar-refractivity contribution is 0.00578. The minimum atomic E-state index is -0.963. The molecule has 0 radical (unpaired) electrons. The van der Waals surface area contributed by atoms with Crippen LogP contribution in [0.4, 0.5) is 10.1 Å². The fourth-order valence-electron chi connectivity index (χ4n) is 2.09. The second-order valence-corrected chi connectivity index (χ2v) is 5.96. The number of anilines is 1.